The fourth-order valence-electron chi connectivity index (χ4n) is 4.10. The smallest absolute Gasteiger partial charge is 0.246 e. The van der Waals surface area contributed by atoms with Gasteiger partial charge in [-0.3, -0.25) is 4.79 Å². The highest BCUT2D eigenvalue weighted by Crippen LogP contribution is 2.64. The third-order valence-electron chi connectivity index (χ3n) is 5.33. The van der Waals surface area contributed by atoms with Crippen molar-refractivity contribution in [3.05, 3.63) is 35.9 Å². The summed E-state index contributed by atoms with van der Waals surface area (Å²) in [6.45, 7) is 1.72. The van der Waals surface area contributed by atoms with E-state index in [-0.39, 0.29) is 6.42 Å². The second kappa shape index (κ2) is 4.56. The van der Waals surface area contributed by atoms with Crippen LogP contribution in [0.25, 0.3) is 0 Å². The number of hydrogen-bond donors (Lipinski definition) is 2. The van der Waals surface area contributed by atoms with E-state index < -0.39 is 34.3 Å². The molecule has 23 heavy (non-hydrogen) atoms. The molecule has 114 valence electrons. The summed E-state index contributed by atoms with van der Waals surface area (Å²) < 4.78 is 0. The van der Waals surface area contributed by atoms with Crippen LogP contribution < -0.4 is 5.32 Å². The number of amides is 1. The molecule has 2 N–H and O–H groups in total. The Balaban J connectivity index is 2.36. The number of rotatable bonds is 1. The van der Waals surface area contributed by atoms with E-state index in [1.807, 2.05) is 18.2 Å². The number of carbonyl (C=O) groups excluding carboxylic acids is 1. The lowest BCUT2D eigenvalue weighted by Gasteiger charge is -2.60. The molecule has 2 bridgehead atoms. The van der Waals surface area contributed by atoms with Gasteiger partial charge in [-0.1, -0.05) is 37.3 Å². The van der Waals surface area contributed by atoms with Crippen LogP contribution in [-0.2, 0) is 4.79 Å². The molecule has 0 spiro atoms. The highest BCUT2D eigenvalue weighted by atomic mass is 16.3. The number of nitriles is 3. The number of carbonyl (C=O) groups is 1. The second-order valence-corrected chi connectivity index (χ2v) is 6.28. The van der Waals surface area contributed by atoms with E-state index in [1.165, 1.54) is 0 Å². The Morgan fingerprint density at radius 2 is 1.78 bits per heavy atom. The van der Waals surface area contributed by atoms with Crippen molar-refractivity contribution in [1.29, 1.82) is 15.8 Å². The standard InChI is InChI=1S/C17H14N4O2/c1-11-13(12-5-3-2-4-6-12)16(10-20)14(22)21-17(11,23)7-15(16,8-18)9-19/h2-6,11,13,23H,7H2,1H3,(H,21,22)/t11-,13+,16+,17-/m1/s1. The predicted octanol–water partition coefficient (Wildman–Crippen LogP) is 1.17. The number of nitrogens with one attached hydrogen (secondary N) is 1. The molecule has 0 radical (unpaired) electrons. The van der Waals surface area contributed by atoms with Crippen molar-refractivity contribution >= 4 is 5.91 Å². The zero-order chi connectivity index (χ0) is 16.9. The van der Waals surface area contributed by atoms with Crippen LogP contribution >= 0.6 is 0 Å². The Morgan fingerprint density at radius 1 is 1.17 bits per heavy atom. The average Bonchev–Trinajstić information content (AvgIpc) is 2.56. The fourth-order valence-corrected chi connectivity index (χ4v) is 4.10. The van der Waals surface area contributed by atoms with Crippen LogP contribution in [0.1, 0.15) is 24.8 Å². The minimum Gasteiger partial charge on any atom is -0.371 e. The molecule has 0 unspecified atom stereocenters. The Kier molecular flexibility index (Phi) is 2.98. The van der Waals surface area contributed by atoms with Crippen LogP contribution in [0.15, 0.2) is 30.3 Å². The van der Waals surface area contributed by atoms with Gasteiger partial charge in [0, 0.05) is 18.3 Å². The van der Waals surface area contributed by atoms with Gasteiger partial charge in [-0.25, -0.2) is 0 Å². The van der Waals surface area contributed by atoms with Crippen molar-refractivity contribution in [3.8, 4) is 18.2 Å². The van der Waals surface area contributed by atoms with Crippen molar-refractivity contribution in [2.45, 2.75) is 25.0 Å². The Hall–Kier alpha value is -2.88. The van der Waals surface area contributed by atoms with E-state index in [2.05, 4.69) is 5.32 Å². The maximum atomic E-state index is 12.7. The lowest BCUT2D eigenvalue weighted by atomic mass is 9.44. The summed E-state index contributed by atoms with van der Waals surface area (Å²) in [5.41, 5.74) is -4.79. The van der Waals surface area contributed by atoms with E-state index in [4.69, 9.17) is 0 Å². The average molecular weight is 306 g/mol. The number of benzene rings is 1. The van der Waals surface area contributed by atoms with Crippen LogP contribution in [0.3, 0.4) is 0 Å². The van der Waals surface area contributed by atoms with Crippen LogP contribution in [0, 0.1) is 50.7 Å². The number of piperidine rings is 2. The number of aliphatic hydroxyl groups is 1. The Morgan fingerprint density at radius 3 is 2.30 bits per heavy atom. The van der Waals surface area contributed by atoms with Gasteiger partial charge >= 0.3 is 0 Å². The molecular weight excluding hydrogens is 292 g/mol. The zero-order valence-corrected chi connectivity index (χ0v) is 12.4. The molecule has 1 aromatic carbocycles. The first kappa shape index (κ1) is 15.0. The monoisotopic (exact) mass is 306 g/mol. The van der Waals surface area contributed by atoms with Crippen molar-refractivity contribution in [1.82, 2.24) is 5.32 Å². The van der Waals surface area contributed by atoms with Gasteiger partial charge in [0.1, 0.15) is 5.72 Å². The Bertz CT molecular complexity index is 787. The zero-order valence-electron chi connectivity index (χ0n) is 12.4. The number of fused-ring (bicyclic) bond motifs is 3. The first-order valence-corrected chi connectivity index (χ1v) is 7.24. The van der Waals surface area contributed by atoms with Gasteiger partial charge in [0.25, 0.3) is 0 Å². The SMILES string of the molecule is C[C@@H]1[C@@H](c2ccccc2)[C@@]2(C#N)C(=O)N[C@@]1(O)CC2(C#N)C#N. The summed E-state index contributed by atoms with van der Waals surface area (Å²) in [7, 11) is 0. The minimum absolute atomic E-state index is 0.281. The van der Waals surface area contributed by atoms with E-state index >= 15 is 0 Å². The topological polar surface area (TPSA) is 121 Å². The van der Waals surface area contributed by atoms with Crippen LogP contribution in [-0.4, -0.2) is 16.7 Å². The molecule has 0 aromatic heterocycles. The number of nitrogens with zero attached hydrogens (tertiary/aromatic N) is 3. The molecule has 1 saturated carbocycles. The van der Waals surface area contributed by atoms with Gasteiger partial charge in [-0.15, -0.1) is 0 Å². The molecule has 3 fully saturated rings. The summed E-state index contributed by atoms with van der Waals surface area (Å²) >= 11 is 0. The van der Waals surface area contributed by atoms with E-state index in [9.17, 15) is 25.7 Å². The van der Waals surface area contributed by atoms with Crippen molar-refractivity contribution < 1.29 is 9.90 Å². The summed E-state index contributed by atoms with van der Waals surface area (Å²) in [4.78, 5) is 12.7. The van der Waals surface area contributed by atoms with Crippen LogP contribution in [0.5, 0.6) is 0 Å². The maximum Gasteiger partial charge on any atom is 0.246 e. The van der Waals surface area contributed by atoms with Crippen molar-refractivity contribution in [2.24, 2.45) is 16.7 Å². The van der Waals surface area contributed by atoms with Gasteiger partial charge in [-0.05, 0) is 5.56 Å². The molecule has 1 amide bonds. The molecule has 4 rings (SSSR count). The van der Waals surface area contributed by atoms with Crippen LogP contribution in [0.2, 0.25) is 0 Å². The fraction of sp³-hybridized carbons (Fsp3) is 0.412. The predicted molar refractivity (Wildman–Crippen MR) is 77.8 cm³/mol. The first-order valence-electron chi connectivity index (χ1n) is 7.24. The summed E-state index contributed by atoms with van der Waals surface area (Å²) in [6, 6.07) is 14.5. The Labute approximate surface area is 133 Å². The van der Waals surface area contributed by atoms with Crippen molar-refractivity contribution in [3.63, 3.8) is 0 Å². The van der Waals surface area contributed by atoms with E-state index in [0.717, 1.165) is 0 Å². The molecule has 4 atom stereocenters. The molecule has 2 heterocycles. The van der Waals surface area contributed by atoms with Gasteiger partial charge in [0.05, 0.1) is 18.2 Å². The van der Waals surface area contributed by atoms with E-state index in [1.54, 1.807) is 37.3 Å². The largest absolute Gasteiger partial charge is 0.371 e. The number of hydrogen-bond acceptors (Lipinski definition) is 5. The molecule has 1 aliphatic carbocycles. The minimum atomic E-state index is -1.90. The molecule has 1 aromatic rings. The van der Waals surface area contributed by atoms with Gasteiger partial charge in [0.2, 0.25) is 5.91 Å². The molecule has 6 heteroatoms. The van der Waals surface area contributed by atoms with Gasteiger partial charge in [-0.2, -0.15) is 15.8 Å². The molecule has 2 aliphatic heterocycles. The third kappa shape index (κ3) is 1.55. The molecule has 3 aliphatic rings. The first-order chi connectivity index (χ1) is 10.9. The lowest BCUT2D eigenvalue weighted by molar-refractivity contribution is -0.193. The highest BCUT2D eigenvalue weighted by molar-refractivity contribution is 5.92. The molecule has 2 saturated heterocycles. The summed E-state index contributed by atoms with van der Waals surface area (Å²) in [5, 5.41) is 42.4. The summed E-state index contributed by atoms with van der Waals surface area (Å²) in [6.07, 6.45) is -0.281. The van der Waals surface area contributed by atoms with Gasteiger partial charge < -0.3 is 10.4 Å². The molecule has 6 nitrogen and oxygen atoms in total. The highest BCUT2D eigenvalue weighted by Gasteiger charge is 2.76. The van der Waals surface area contributed by atoms with Gasteiger partial charge in [0.15, 0.2) is 10.8 Å². The lowest BCUT2D eigenvalue weighted by Crippen LogP contribution is -2.76. The van der Waals surface area contributed by atoms with E-state index in [0.29, 0.717) is 5.56 Å². The van der Waals surface area contributed by atoms with Crippen LogP contribution in [0.4, 0.5) is 0 Å². The van der Waals surface area contributed by atoms with Crippen molar-refractivity contribution in [2.75, 3.05) is 0 Å². The molecular formula is C17H14N4O2. The maximum absolute atomic E-state index is 12.7. The summed E-state index contributed by atoms with van der Waals surface area (Å²) in [5.74, 6) is -2.03. The second-order valence-electron chi connectivity index (χ2n) is 6.28. The third-order valence-corrected chi connectivity index (χ3v) is 5.33. The quantitative estimate of drug-likeness (QED) is 0.806. The normalized spacial score (nSPS) is 37.1.